The number of halogens is 11. The summed E-state index contributed by atoms with van der Waals surface area (Å²) in [6.07, 6.45) is -8.30. The van der Waals surface area contributed by atoms with E-state index in [0.29, 0.717) is 17.3 Å². The molecule has 0 bridgehead atoms. The summed E-state index contributed by atoms with van der Waals surface area (Å²) >= 11 is 2.74. The number of anilines is 2. The van der Waals surface area contributed by atoms with Crippen LogP contribution in [0.5, 0.6) is 5.75 Å². The summed E-state index contributed by atoms with van der Waals surface area (Å²) in [5.41, 5.74) is -6.47. The van der Waals surface area contributed by atoms with E-state index in [1.54, 1.807) is 36.4 Å². The Morgan fingerprint density at radius 3 is 2.12 bits per heavy atom. The smallest absolute Gasteiger partial charge is 0.404 e. The van der Waals surface area contributed by atoms with E-state index in [2.05, 4.69) is 4.74 Å². The molecule has 0 saturated heterocycles. The number of para-hydroxylation sites is 1. The highest BCUT2D eigenvalue weighted by molar-refractivity contribution is 14.1. The first-order valence-corrected chi connectivity index (χ1v) is 10.4. The Bertz CT molecular complexity index is 1030. The van der Waals surface area contributed by atoms with Gasteiger partial charge in [0.15, 0.2) is 5.75 Å². The molecule has 32 heavy (non-hydrogen) atoms. The number of rotatable bonds is 4. The third kappa shape index (κ3) is 4.54. The molecule has 0 spiro atoms. The van der Waals surface area contributed by atoms with Gasteiger partial charge in [-0.1, -0.05) is 30.4 Å². The van der Waals surface area contributed by atoms with Crippen molar-refractivity contribution in [1.29, 1.82) is 0 Å². The second-order valence-corrected chi connectivity index (χ2v) is 8.74. The molecule has 0 N–H and O–H groups in total. The average molecular weight is 646 g/mol. The average Bonchev–Trinajstić information content (AvgIpc) is 2.64. The van der Waals surface area contributed by atoms with Gasteiger partial charge < -0.3 is 9.64 Å². The topological polar surface area (TPSA) is 12.5 Å². The fraction of sp³-hybridized carbons (Fsp3) is 0.263. The molecule has 3 rings (SSSR count). The molecule has 2 nitrogen and oxygen atoms in total. The van der Waals surface area contributed by atoms with Crippen molar-refractivity contribution < 1.29 is 44.3 Å². The number of nitrogens with zero attached hydrogens (tertiary/aromatic N) is 1. The SMILES string of the molecule is FC(F)(F)Oc1cc(C(F)(C(F)(F)F)C(F)(F)Br)cc(I)c1N1CC=Cc2ccccc21. The monoisotopic (exact) mass is 645 g/mol. The van der Waals surface area contributed by atoms with Crippen LogP contribution < -0.4 is 9.64 Å². The Morgan fingerprint density at radius 1 is 0.938 bits per heavy atom. The number of ether oxygens (including phenoxy) is 1. The second-order valence-electron chi connectivity index (χ2n) is 6.58. The van der Waals surface area contributed by atoms with Crippen LogP contribution >= 0.6 is 38.5 Å². The molecule has 0 radical (unpaired) electrons. The maximum Gasteiger partial charge on any atom is 0.573 e. The van der Waals surface area contributed by atoms with Gasteiger partial charge >= 0.3 is 23.0 Å². The predicted molar refractivity (Wildman–Crippen MR) is 111 cm³/mol. The van der Waals surface area contributed by atoms with E-state index in [1.807, 2.05) is 0 Å². The molecule has 1 aliphatic heterocycles. The van der Waals surface area contributed by atoms with Crippen LogP contribution in [0.1, 0.15) is 11.1 Å². The molecule has 1 aliphatic rings. The summed E-state index contributed by atoms with van der Waals surface area (Å²) < 4.78 is 125. The second kappa shape index (κ2) is 8.29. The lowest BCUT2D eigenvalue weighted by Crippen LogP contribution is -2.49. The van der Waals surface area contributed by atoms with Gasteiger partial charge in [-0.25, -0.2) is 4.39 Å². The fourth-order valence-corrected chi connectivity index (χ4v) is 4.54. The zero-order valence-corrected chi connectivity index (χ0v) is 19.1. The van der Waals surface area contributed by atoms with Crippen LogP contribution in [-0.4, -0.2) is 23.9 Å². The van der Waals surface area contributed by atoms with Gasteiger partial charge in [-0.3, -0.25) is 0 Å². The van der Waals surface area contributed by atoms with Crippen LogP contribution in [0.15, 0.2) is 42.5 Å². The van der Waals surface area contributed by atoms with Gasteiger partial charge in [0.25, 0.3) is 0 Å². The van der Waals surface area contributed by atoms with Gasteiger partial charge in [-0.05, 0) is 62.3 Å². The van der Waals surface area contributed by atoms with Crippen LogP contribution in [0.3, 0.4) is 0 Å². The predicted octanol–water partition coefficient (Wildman–Crippen LogP) is 8.07. The van der Waals surface area contributed by atoms with Gasteiger partial charge in [0.05, 0.1) is 5.69 Å². The first-order valence-electron chi connectivity index (χ1n) is 8.51. The first kappa shape index (κ1) is 25.0. The highest BCUT2D eigenvalue weighted by atomic mass is 127. The van der Waals surface area contributed by atoms with Crippen molar-refractivity contribution in [2.45, 2.75) is 23.0 Å². The van der Waals surface area contributed by atoms with E-state index in [9.17, 15) is 39.5 Å². The summed E-state index contributed by atoms with van der Waals surface area (Å²) in [4.78, 5) is -3.89. The Labute approximate surface area is 197 Å². The van der Waals surface area contributed by atoms with E-state index in [1.165, 1.54) is 43.4 Å². The largest absolute Gasteiger partial charge is 0.573 e. The molecule has 174 valence electrons. The quantitative estimate of drug-likeness (QED) is 0.190. The minimum absolute atomic E-state index is 0.00474. The van der Waals surface area contributed by atoms with Gasteiger partial charge in [0.1, 0.15) is 0 Å². The van der Waals surface area contributed by atoms with Crippen molar-refractivity contribution in [2.75, 3.05) is 11.4 Å². The lowest BCUT2D eigenvalue weighted by Gasteiger charge is -2.34. The van der Waals surface area contributed by atoms with Gasteiger partial charge in [-0.15, -0.1) is 13.2 Å². The Morgan fingerprint density at radius 2 is 1.56 bits per heavy atom. The number of alkyl halides is 10. The number of benzene rings is 2. The third-order valence-corrected chi connectivity index (χ3v) is 5.88. The van der Waals surface area contributed by atoms with Crippen LogP contribution in [0.4, 0.5) is 50.9 Å². The molecular weight excluding hydrogens is 636 g/mol. The summed E-state index contributed by atoms with van der Waals surface area (Å²) in [6.45, 7) is -0.00474. The molecule has 1 unspecified atom stereocenters. The molecule has 2 aromatic carbocycles. The van der Waals surface area contributed by atoms with Crippen LogP contribution in [0, 0.1) is 3.57 Å². The van der Waals surface area contributed by atoms with Crippen molar-refractivity contribution in [3.05, 3.63) is 57.2 Å². The highest BCUT2D eigenvalue weighted by Gasteiger charge is 2.71. The van der Waals surface area contributed by atoms with E-state index in [4.69, 9.17) is 0 Å². The molecule has 0 amide bonds. The molecule has 1 atom stereocenters. The van der Waals surface area contributed by atoms with E-state index < -0.39 is 34.4 Å². The maximum atomic E-state index is 14.9. The molecule has 0 fully saturated rings. The molecular formula is C19H10BrF9INO. The normalized spacial score (nSPS) is 16.5. The molecule has 2 aromatic rings. The Balaban J connectivity index is 2.29. The lowest BCUT2D eigenvalue weighted by molar-refractivity contribution is -0.282. The summed E-state index contributed by atoms with van der Waals surface area (Å²) in [7, 11) is 0. The molecule has 0 saturated carbocycles. The minimum atomic E-state index is -6.17. The molecule has 1 heterocycles. The molecule has 0 aromatic heterocycles. The number of fused-ring (bicyclic) bond motifs is 1. The standard InChI is InChI=1S/C19H10BrF9INO/c20-17(22,23)16(21,18(24,25)26)11-8-12(30)15(14(9-11)32-19(27,28)29)31-7-3-5-10-4-1-2-6-13(10)31/h1-6,8-9H,7H2. The molecule has 0 aliphatic carbocycles. The zero-order chi connectivity index (χ0) is 24.1. The Hall–Kier alpha value is -1.64. The van der Waals surface area contributed by atoms with Gasteiger partial charge in [-0.2, -0.15) is 22.0 Å². The minimum Gasteiger partial charge on any atom is -0.404 e. The summed E-state index contributed by atoms with van der Waals surface area (Å²) in [6, 6.07) is 6.84. The van der Waals surface area contributed by atoms with Crippen molar-refractivity contribution in [1.82, 2.24) is 0 Å². The highest BCUT2D eigenvalue weighted by Crippen LogP contribution is 2.57. The lowest BCUT2D eigenvalue weighted by atomic mass is 9.94. The summed E-state index contributed by atoms with van der Waals surface area (Å²) in [5, 5.41) is 0. The zero-order valence-electron chi connectivity index (χ0n) is 15.3. The van der Waals surface area contributed by atoms with Crippen molar-refractivity contribution in [3.63, 3.8) is 0 Å². The maximum absolute atomic E-state index is 14.9. The molecule has 13 heteroatoms. The van der Waals surface area contributed by atoms with Crippen molar-refractivity contribution >= 4 is 56.0 Å². The van der Waals surface area contributed by atoms with E-state index in [-0.39, 0.29) is 21.9 Å². The fourth-order valence-electron chi connectivity index (χ4n) is 3.19. The van der Waals surface area contributed by atoms with Gasteiger partial charge in [0, 0.05) is 21.4 Å². The van der Waals surface area contributed by atoms with Crippen LogP contribution in [0.25, 0.3) is 6.08 Å². The van der Waals surface area contributed by atoms with Crippen molar-refractivity contribution in [2.24, 2.45) is 0 Å². The summed E-state index contributed by atoms with van der Waals surface area (Å²) in [5.74, 6) is -1.26. The first-order chi connectivity index (χ1) is 14.6. The number of hydrogen-bond acceptors (Lipinski definition) is 2. The van der Waals surface area contributed by atoms with Crippen molar-refractivity contribution in [3.8, 4) is 5.75 Å². The number of hydrogen-bond donors (Lipinski definition) is 0. The van der Waals surface area contributed by atoms with Crippen LogP contribution in [-0.2, 0) is 5.67 Å². The Kier molecular flexibility index (Phi) is 6.48. The van der Waals surface area contributed by atoms with Gasteiger partial charge in [0.2, 0.25) is 0 Å². The van der Waals surface area contributed by atoms with Crippen LogP contribution in [0.2, 0.25) is 0 Å². The van der Waals surface area contributed by atoms with E-state index in [0.717, 1.165) is 0 Å². The third-order valence-electron chi connectivity index (χ3n) is 4.52. The van der Waals surface area contributed by atoms with E-state index >= 15 is 0 Å².